The van der Waals surface area contributed by atoms with Crippen molar-refractivity contribution in [3.63, 3.8) is 0 Å². The summed E-state index contributed by atoms with van der Waals surface area (Å²) in [7, 11) is -0.0618. The Morgan fingerprint density at radius 2 is 1.82 bits per heavy atom. The minimum atomic E-state index is -3.57. The minimum Gasteiger partial charge on any atom is -0.344 e. The van der Waals surface area contributed by atoms with E-state index in [4.69, 9.17) is 0 Å². The zero-order chi connectivity index (χ0) is 15.9. The molecule has 1 aromatic carbocycles. The van der Waals surface area contributed by atoms with Gasteiger partial charge in [-0.25, -0.2) is 13.1 Å². The molecule has 0 fully saturated rings. The lowest BCUT2D eigenvalue weighted by Crippen LogP contribution is -2.35. The van der Waals surface area contributed by atoms with Gasteiger partial charge in [-0.05, 0) is 31.3 Å². The Kier molecular flexibility index (Phi) is 9.86. The van der Waals surface area contributed by atoms with Crippen molar-refractivity contribution in [3.8, 4) is 0 Å². The Bertz CT molecular complexity index is 566. The maximum Gasteiger partial charge on any atom is 0.240 e. The molecule has 0 atom stereocenters. The molecule has 0 radical (unpaired) electrons. The summed E-state index contributed by atoms with van der Waals surface area (Å²) in [4.78, 5) is 13.5. The topological polar surface area (TPSA) is 78.5 Å². The largest absolute Gasteiger partial charge is 0.344 e. The van der Waals surface area contributed by atoms with Crippen molar-refractivity contribution in [2.45, 2.75) is 11.3 Å². The third-order valence-corrected chi connectivity index (χ3v) is 4.88. The molecule has 6 nitrogen and oxygen atoms in total. The Morgan fingerprint density at radius 1 is 1.23 bits per heavy atom. The third-order valence-electron chi connectivity index (χ3n) is 2.88. The Labute approximate surface area is 146 Å². The number of sulfonamides is 1. The predicted molar refractivity (Wildman–Crippen MR) is 92.8 cm³/mol. The predicted octanol–water partition coefficient (Wildman–Crippen LogP) is 1.22. The fourth-order valence-corrected chi connectivity index (χ4v) is 2.88. The number of likely N-dealkylation sites (N-methyl/N-ethyl adjacent to an activating group) is 2. The molecule has 1 amide bonds. The third kappa shape index (κ3) is 7.06. The number of benzene rings is 1. The van der Waals surface area contributed by atoms with Crippen molar-refractivity contribution in [1.29, 1.82) is 0 Å². The summed E-state index contributed by atoms with van der Waals surface area (Å²) in [6.07, 6.45) is 0.135. The van der Waals surface area contributed by atoms with Crippen molar-refractivity contribution in [3.05, 3.63) is 28.7 Å². The van der Waals surface area contributed by atoms with Crippen LogP contribution in [0.5, 0.6) is 0 Å². The van der Waals surface area contributed by atoms with Crippen LogP contribution in [0.25, 0.3) is 0 Å². The van der Waals surface area contributed by atoms with E-state index in [0.29, 0.717) is 13.1 Å². The van der Waals surface area contributed by atoms with Crippen LogP contribution in [-0.4, -0.2) is 53.0 Å². The maximum absolute atomic E-state index is 12.0. The molecule has 0 saturated carbocycles. The zero-order valence-electron chi connectivity index (χ0n) is 12.5. The smallest absolute Gasteiger partial charge is 0.240 e. The molecule has 126 valence electrons. The fraction of sp³-hybridized carbons (Fsp3) is 0.462. The number of nitrogens with zero attached hydrogens (tertiary/aromatic N) is 1. The summed E-state index contributed by atoms with van der Waals surface area (Å²) in [5.41, 5.74) is 0. The highest BCUT2D eigenvalue weighted by atomic mass is 79.9. The number of halogens is 2. The van der Waals surface area contributed by atoms with Gasteiger partial charge in [-0.3, -0.25) is 4.79 Å². The zero-order valence-corrected chi connectivity index (χ0v) is 15.7. The first kappa shape index (κ1) is 21.3. The Hall–Kier alpha value is -0.670. The molecular weight excluding hydrogens is 394 g/mol. The van der Waals surface area contributed by atoms with Crippen molar-refractivity contribution >= 4 is 44.3 Å². The maximum atomic E-state index is 12.0. The van der Waals surface area contributed by atoms with E-state index in [0.717, 1.165) is 4.47 Å². The van der Waals surface area contributed by atoms with Gasteiger partial charge in [0.15, 0.2) is 0 Å². The number of carbonyl (C=O) groups excluding carboxylic acids is 1. The van der Waals surface area contributed by atoms with Gasteiger partial charge in [0.25, 0.3) is 0 Å². The van der Waals surface area contributed by atoms with Crippen LogP contribution in [0.15, 0.2) is 33.6 Å². The molecule has 22 heavy (non-hydrogen) atoms. The van der Waals surface area contributed by atoms with Crippen molar-refractivity contribution in [2.24, 2.45) is 0 Å². The highest BCUT2D eigenvalue weighted by Gasteiger charge is 2.15. The molecule has 0 saturated heterocycles. The quantitative estimate of drug-likeness (QED) is 0.670. The Balaban J connectivity index is 0.00000441. The van der Waals surface area contributed by atoms with Crippen LogP contribution < -0.4 is 10.0 Å². The van der Waals surface area contributed by atoms with Crippen LogP contribution in [0, 0.1) is 0 Å². The first-order valence-corrected chi connectivity index (χ1v) is 8.78. The summed E-state index contributed by atoms with van der Waals surface area (Å²) < 4.78 is 27.2. The van der Waals surface area contributed by atoms with Crippen LogP contribution in [0.2, 0.25) is 0 Å². The second-order valence-electron chi connectivity index (χ2n) is 4.52. The normalized spacial score (nSPS) is 10.9. The molecule has 0 aromatic heterocycles. The van der Waals surface area contributed by atoms with E-state index in [-0.39, 0.29) is 36.2 Å². The first-order chi connectivity index (χ1) is 9.86. The van der Waals surface area contributed by atoms with E-state index in [1.165, 1.54) is 12.1 Å². The number of nitrogens with one attached hydrogen (secondary N) is 2. The van der Waals surface area contributed by atoms with E-state index in [2.05, 4.69) is 26.0 Å². The second kappa shape index (κ2) is 10.2. The SMILES string of the molecule is CNCCN(C)C(=O)CCNS(=O)(=O)c1ccc(Br)cc1.Cl. The number of amides is 1. The molecule has 2 N–H and O–H groups in total. The summed E-state index contributed by atoms with van der Waals surface area (Å²) in [6, 6.07) is 6.33. The lowest BCUT2D eigenvalue weighted by molar-refractivity contribution is -0.129. The average molecular weight is 415 g/mol. The highest BCUT2D eigenvalue weighted by Crippen LogP contribution is 2.14. The average Bonchev–Trinajstić information content (AvgIpc) is 2.44. The molecule has 0 heterocycles. The molecule has 0 spiro atoms. The lowest BCUT2D eigenvalue weighted by Gasteiger charge is -2.17. The van der Waals surface area contributed by atoms with Gasteiger partial charge in [-0.2, -0.15) is 0 Å². The molecule has 0 aliphatic rings. The van der Waals surface area contributed by atoms with E-state index >= 15 is 0 Å². The number of carbonyl (C=O) groups is 1. The second-order valence-corrected chi connectivity index (χ2v) is 7.20. The molecule has 0 aliphatic carbocycles. The van der Waals surface area contributed by atoms with Gasteiger partial charge in [0.2, 0.25) is 15.9 Å². The molecular formula is C13H21BrClN3O3S. The van der Waals surface area contributed by atoms with Gasteiger partial charge in [-0.1, -0.05) is 15.9 Å². The lowest BCUT2D eigenvalue weighted by atomic mass is 10.3. The Morgan fingerprint density at radius 3 is 2.36 bits per heavy atom. The van der Waals surface area contributed by atoms with Gasteiger partial charge in [-0.15, -0.1) is 12.4 Å². The summed E-state index contributed by atoms with van der Waals surface area (Å²) in [5, 5.41) is 2.95. The van der Waals surface area contributed by atoms with Crippen LogP contribution in [0.1, 0.15) is 6.42 Å². The van der Waals surface area contributed by atoms with Gasteiger partial charge in [0.1, 0.15) is 0 Å². The molecule has 9 heteroatoms. The summed E-state index contributed by atoms with van der Waals surface area (Å²) in [6.45, 7) is 1.38. The van der Waals surface area contributed by atoms with Gasteiger partial charge < -0.3 is 10.2 Å². The molecule has 1 aromatic rings. The molecule has 0 bridgehead atoms. The highest BCUT2D eigenvalue weighted by molar-refractivity contribution is 9.10. The standard InChI is InChI=1S/C13H20BrN3O3S.ClH/c1-15-9-10-17(2)13(18)7-8-16-21(19,20)12-5-3-11(14)4-6-12;/h3-6,15-16H,7-10H2,1-2H3;1H. The first-order valence-electron chi connectivity index (χ1n) is 6.50. The number of hydrogen-bond acceptors (Lipinski definition) is 4. The van der Waals surface area contributed by atoms with E-state index in [1.54, 1.807) is 24.1 Å². The van der Waals surface area contributed by atoms with Crippen molar-refractivity contribution in [1.82, 2.24) is 14.9 Å². The molecule has 0 unspecified atom stereocenters. The van der Waals surface area contributed by atoms with Crippen molar-refractivity contribution < 1.29 is 13.2 Å². The molecule has 0 aliphatic heterocycles. The van der Waals surface area contributed by atoms with E-state index in [1.807, 2.05) is 7.05 Å². The summed E-state index contributed by atoms with van der Waals surface area (Å²) in [5.74, 6) is -0.0937. The van der Waals surface area contributed by atoms with Gasteiger partial charge in [0, 0.05) is 37.6 Å². The van der Waals surface area contributed by atoms with Crippen LogP contribution >= 0.6 is 28.3 Å². The summed E-state index contributed by atoms with van der Waals surface area (Å²) >= 11 is 3.25. The molecule has 1 rings (SSSR count). The van der Waals surface area contributed by atoms with Crippen molar-refractivity contribution in [2.75, 3.05) is 33.7 Å². The van der Waals surface area contributed by atoms with Crippen LogP contribution in [-0.2, 0) is 14.8 Å². The monoisotopic (exact) mass is 413 g/mol. The van der Waals surface area contributed by atoms with Crippen LogP contribution in [0.3, 0.4) is 0 Å². The number of hydrogen-bond donors (Lipinski definition) is 2. The van der Waals surface area contributed by atoms with Gasteiger partial charge >= 0.3 is 0 Å². The van der Waals surface area contributed by atoms with Gasteiger partial charge in [0.05, 0.1) is 4.90 Å². The minimum absolute atomic E-state index is 0. The van der Waals surface area contributed by atoms with E-state index in [9.17, 15) is 13.2 Å². The van der Waals surface area contributed by atoms with Crippen LogP contribution in [0.4, 0.5) is 0 Å². The number of rotatable bonds is 8. The fourth-order valence-electron chi connectivity index (χ4n) is 1.58. The van der Waals surface area contributed by atoms with E-state index < -0.39 is 10.0 Å².